The molecule has 0 aromatic heterocycles. The van der Waals surface area contributed by atoms with Crippen LogP contribution in [0.4, 0.5) is 0 Å². The summed E-state index contributed by atoms with van der Waals surface area (Å²) in [7, 11) is 1.63. The summed E-state index contributed by atoms with van der Waals surface area (Å²) in [6, 6.07) is 15.4. The Morgan fingerprint density at radius 1 is 1.14 bits per heavy atom. The van der Waals surface area contributed by atoms with Crippen molar-refractivity contribution in [2.75, 3.05) is 26.7 Å². The molecule has 29 heavy (non-hydrogen) atoms. The van der Waals surface area contributed by atoms with Crippen LogP contribution in [-0.4, -0.2) is 43.5 Å². The van der Waals surface area contributed by atoms with Gasteiger partial charge in [0.15, 0.2) is 0 Å². The number of rotatable bonds is 6. The molecule has 2 aromatic rings. The third-order valence-corrected chi connectivity index (χ3v) is 5.45. The standard InChI is InChI=1S/C24H30N2O3/c1-16(2)13-25-23(27)22-15-26(24(28)18-10-8-17(3)9-11-18)14-21(22)19-6-5-7-20(12-19)29-4/h5-12,16,21-22H,13-15H2,1-4H3,(H,25,27). The van der Waals surface area contributed by atoms with Crippen molar-refractivity contribution in [3.8, 4) is 5.75 Å². The van der Waals surface area contributed by atoms with Gasteiger partial charge >= 0.3 is 0 Å². The lowest BCUT2D eigenvalue weighted by Crippen LogP contribution is -2.37. The fraction of sp³-hybridized carbons (Fsp3) is 0.417. The van der Waals surface area contributed by atoms with E-state index >= 15 is 0 Å². The number of aryl methyl sites for hydroxylation is 1. The largest absolute Gasteiger partial charge is 0.497 e. The summed E-state index contributed by atoms with van der Waals surface area (Å²) < 4.78 is 5.36. The van der Waals surface area contributed by atoms with Crippen molar-refractivity contribution in [1.29, 1.82) is 0 Å². The number of amides is 2. The average Bonchev–Trinajstić information content (AvgIpc) is 3.17. The monoisotopic (exact) mass is 394 g/mol. The lowest BCUT2D eigenvalue weighted by Gasteiger charge is -2.19. The van der Waals surface area contributed by atoms with Crippen molar-refractivity contribution in [1.82, 2.24) is 10.2 Å². The summed E-state index contributed by atoms with van der Waals surface area (Å²) in [6.45, 7) is 7.70. The lowest BCUT2D eigenvalue weighted by atomic mass is 9.88. The van der Waals surface area contributed by atoms with Gasteiger partial charge in [0.2, 0.25) is 5.91 Å². The number of hydrogen-bond donors (Lipinski definition) is 1. The molecule has 1 fully saturated rings. The van der Waals surface area contributed by atoms with Crippen molar-refractivity contribution >= 4 is 11.8 Å². The molecule has 0 saturated carbocycles. The molecule has 0 bridgehead atoms. The minimum atomic E-state index is -0.282. The molecule has 0 radical (unpaired) electrons. The van der Waals surface area contributed by atoms with Gasteiger partial charge in [-0.25, -0.2) is 0 Å². The summed E-state index contributed by atoms with van der Waals surface area (Å²) in [6.07, 6.45) is 0. The molecule has 1 N–H and O–H groups in total. The molecule has 2 aromatic carbocycles. The Hall–Kier alpha value is -2.82. The van der Waals surface area contributed by atoms with Crippen LogP contribution in [0.1, 0.15) is 41.3 Å². The Morgan fingerprint density at radius 2 is 1.86 bits per heavy atom. The van der Waals surface area contributed by atoms with Crippen molar-refractivity contribution in [2.45, 2.75) is 26.7 Å². The van der Waals surface area contributed by atoms with Crippen LogP contribution in [0.5, 0.6) is 5.75 Å². The first kappa shape index (κ1) is 20.9. The Bertz CT molecular complexity index is 861. The molecular formula is C24H30N2O3. The second-order valence-electron chi connectivity index (χ2n) is 8.20. The number of nitrogens with zero attached hydrogens (tertiary/aromatic N) is 1. The van der Waals surface area contributed by atoms with Gasteiger partial charge in [0.1, 0.15) is 5.75 Å². The second-order valence-corrected chi connectivity index (χ2v) is 8.20. The van der Waals surface area contributed by atoms with E-state index in [4.69, 9.17) is 4.74 Å². The van der Waals surface area contributed by atoms with Gasteiger partial charge in [-0.05, 0) is 42.7 Å². The van der Waals surface area contributed by atoms with Crippen molar-refractivity contribution in [3.63, 3.8) is 0 Å². The highest BCUT2D eigenvalue weighted by Crippen LogP contribution is 2.35. The summed E-state index contributed by atoms with van der Waals surface area (Å²) in [4.78, 5) is 27.8. The molecular weight excluding hydrogens is 364 g/mol. The molecule has 0 spiro atoms. The Morgan fingerprint density at radius 3 is 2.52 bits per heavy atom. The maximum absolute atomic E-state index is 13.1. The molecule has 2 atom stereocenters. The highest BCUT2D eigenvalue weighted by Gasteiger charge is 2.40. The van der Waals surface area contributed by atoms with Gasteiger partial charge in [-0.1, -0.05) is 43.7 Å². The summed E-state index contributed by atoms with van der Waals surface area (Å²) in [5.74, 6) is 0.762. The van der Waals surface area contributed by atoms with E-state index in [2.05, 4.69) is 19.2 Å². The number of hydrogen-bond acceptors (Lipinski definition) is 3. The Labute approximate surface area is 173 Å². The summed E-state index contributed by atoms with van der Waals surface area (Å²) in [5.41, 5.74) is 2.79. The van der Waals surface area contributed by atoms with Gasteiger partial charge < -0.3 is 15.0 Å². The van der Waals surface area contributed by atoms with Crippen LogP contribution < -0.4 is 10.1 Å². The van der Waals surface area contributed by atoms with E-state index in [1.807, 2.05) is 55.5 Å². The van der Waals surface area contributed by atoms with Crippen LogP contribution in [-0.2, 0) is 4.79 Å². The van der Waals surface area contributed by atoms with Gasteiger partial charge in [0, 0.05) is 31.1 Å². The van der Waals surface area contributed by atoms with Crippen LogP contribution in [0.3, 0.4) is 0 Å². The highest BCUT2D eigenvalue weighted by molar-refractivity contribution is 5.95. The number of carbonyl (C=O) groups is 2. The maximum atomic E-state index is 13.1. The van der Waals surface area contributed by atoms with E-state index in [1.165, 1.54) is 0 Å². The minimum absolute atomic E-state index is 0.00530. The van der Waals surface area contributed by atoms with Gasteiger partial charge in [-0.15, -0.1) is 0 Å². The number of benzene rings is 2. The first-order chi connectivity index (χ1) is 13.9. The lowest BCUT2D eigenvalue weighted by molar-refractivity contribution is -0.125. The molecule has 5 heteroatoms. The number of nitrogens with one attached hydrogen (secondary N) is 1. The molecule has 1 heterocycles. The molecule has 154 valence electrons. The maximum Gasteiger partial charge on any atom is 0.253 e. The van der Waals surface area contributed by atoms with Gasteiger partial charge in [0.05, 0.1) is 13.0 Å². The number of ether oxygens (including phenoxy) is 1. The summed E-state index contributed by atoms with van der Waals surface area (Å²) in [5, 5.41) is 3.05. The second kappa shape index (κ2) is 9.12. The van der Waals surface area contributed by atoms with Gasteiger partial charge in [-0.2, -0.15) is 0 Å². The van der Waals surface area contributed by atoms with Crippen molar-refractivity contribution in [3.05, 3.63) is 65.2 Å². The van der Waals surface area contributed by atoms with E-state index in [0.717, 1.165) is 16.9 Å². The van der Waals surface area contributed by atoms with Crippen molar-refractivity contribution < 1.29 is 14.3 Å². The zero-order valence-electron chi connectivity index (χ0n) is 17.6. The Balaban J connectivity index is 1.85. The van der Waals surface area contributed by atoms with Crippen LogP contribution >= 0.6 is 0 Å². The van der Waals surface area contributed by atoms with E-state index < -0.39 is 0 Å². The third kappa shape index (κ3) is 4.97. The van der Waals surface area contributed by atoms with Crippen LogP contribution in [0, 0.1) is 18.8 Å². The SMILES string of the molecule is COc1cccc(C2CN(C(=O)c3ccc(C)cc3)CC2C(=O)NCC(C)C)c1. The zero-order valence-corrected chi connectivity index (χ0v) is 17.6. The fourth-order valence-electron chi connectivity index (χ4n) is 3.76. The molecule has 2 unspecified atom stereocenters. The third-order valence-electron chi connectivity index (χ3n) is 5.45. The van der Waals surface area contributed by atoms with Crippen LogP contribution in [0.25, 0.3) is 0 Å². The van der Waals surface area contributed by atoms with Crippen LogP contribution in [0.15, 0.2) is 48.5 Å². The molecule has 3 rings (SSSR count). The van der Waals surface area contributed by atoms with Crippen molar-refractivity contribution in [2.24, 2.45) is 11.8 Å². The predicted octanol–water partition coefficient (Wildman–Crippen LogP) is 3.63. The normalized spacial score (nSPS) is 18.7. The molecule has 2 amide bonds. The van der Waals surface area contributed by atoms with E-state index in [9.17, 15) is 9.59 Å². The van der Waals surface area contributed by atoms with E-state index in [-0.39, 0.29) is 23.7 Å². The number of likely N-dealkylation sites (tertiary alicyclic amines) is 1. The molecule has 1 saturated heterocycles. The molecule has 5 nitrogen and oxygen atoms in total. The van der Waals surface area contributed by atoms with E-state index in [0.29, 0.717) is 31.1 Å². The van der Waals surface area contributed by atoms with E-state index in [1.54, 1.807) is 12.0 Å². The smallest absolute Gasteiger partial charge is 0.253 e. The quantitative estimate of drug-likeness (QED) is 0.814. The topological polar surface area (TPSA) is 58.6 Å². The highest BCUT2D eigenvalue weighted by atomic mass is 16.5. The first-order valence-corrected chi connectivity index (χ1v) is 10.2. The first-order valence-electron chi connectivity index (χ1n) is 10.2. The van der Waals surface area contributed by atoms with Gasteiger partial charge in [0.25, 0.3) is 5.91 Å². The molecule has 1 aliphatic rings. The Kier molecular flexibility index (Phi) is 6.57. The fourth-order valence-corrected chi connectivity index (χ4v) is 3.76. The van der Waals surface area contributed by atoms with Gasteiger partial charge in [-0.3, -0.25) is 9.59 Å². The number of carbonyl (C=O) groups excluding carboxylic acids is 2. The number of methoxy groups -OCH3 is 1. The molecule has 0 aliphatic carbocycles. The summed E-state index contributed by atoms with van der Waals surface area (Å²) >= 11 is 0. The zero-order chi connectivity index (χ0) is 21.0. The van der Waals surface area contributed by atoms with Crippen LogP contribution in [0.2, 0.25) is 0 Å². The molecule has 1 aliphatic heterocycles. The minimum Gasteiger partial charge on any atom is -0.497 e. The average molecular weight is 395 g/mol. The predicted molar refractivity (Wildman–Crippen MR) is 114 cm³/mol.